The van der Waals surface area contributed by atoms with Gasteiger partial charge in [-0.2, -0.15) is 13.2 Å². The minimum Gasteiger partial charge on any atom is -0.317 e. The molecule has 1 aromatic rings. The quantitative estimate of drug-likeness (QED) is 0.664. The minimum absolute atomic E-state index is 0.0115. The number of carbonyl (C=O) groups excluding carboxylic acids is 1. The van der Waals surface area contributed by atoms with E-state index in [0.29, 0.717) is 38.1 Å². The van der Waals surface area contributed by atoms with Crippen LogP contribution >= 0.6 is 0 Å². The molecule has 0 saturated carbocycles. The fraction of sp³-hybridized carbons (Fsp3) is 0.462. The van der Waals surface area contributed by atoms with E-state index in [4.69, 9.17) is 0 Å². The lowest BCUT2D eigenvalue weighted by Gasteiger charge is -2.21. The third-order valence-corrected chi connectivity index (χ3v) is 3.27. The number of alkyl halides is 3. The van der Waals surface area contributed by atoms with Gasteiger partial charge in [-0.3, -0.25) is 4.79 Å². The number of rotatable bonds is 2. The lowest BCUT2D eigenvalue weighted by Crippen LogP contribution is -2.32. The van der Waals surface area contributed by atoms with Gasteiger partial charge in [0.1, 0.15) is 5.82 Å². The summed E-state index contributed by atoms with van der Waals surface area (Å²) in [6.45, 7) is 1.39. The first-order valence-electron chi connectivity index (χ1n) is 6.01. The van der Waals surface area contributed by atoms with Crippen LogP contribution in [-0.4, -0.2) is 18.9 Å². The summed E-state index contributed by atoms with van der Waals surface area (Å²) in [6, 6.07) is 2.37. The van der Waals surface area contributed by atoms with Crippen molar-refractivity contribution in [1.29, 1.82) is 0 Å². The van der Waals surface area contributed by atoms with E-state index in [1.165, 1.54) is 0 Å². The fourth-order valence-electron chi connectivity index (χ4n) is 2.22. The molecule has 0 bridgehead atoms. The molecule has 19 heavy (non-hydrogen) atoms. The number of benzene rings is 1. The second kappa shape index (κ2) is 5.28. The Morgan fingerprint density at radius 2 is 1.84 bits per heavy atom. The van der Waals surface area contributed by atoms with Crippen LogP contribution in [0.5, 0.6) is 0 Å². The Labute approximate surface area is 107 Å². The first kappa shape index (κ1) is 14.0. The molecule has 2 rings (SSSR count). The van der Waals surface area contributed by atoms with E-state index in [1.54, 1.807) is 0 Å². The Bertz CT molecular complexity index is 478. The highest BCUT2D eigenvalue weighted by molar-refractivity contribution is 5.98. The zero-order valence-electron chi connectivity index (χ0n) is 10.1. The Balaban J connectivity index is 2.22. The maximum Gasteiger partial charge on any atom is 0.419 e. The Morgan fingerprint density at radius 1 is 1.21 bits per heavy atom. The van der Waals surface area contributed by atoms with E-state index in [9.17, 15) is 22.4 Å². The average molecular weight is 275 g/mol. The molecule has 1 saturated heterocycles. The van der Waals surface area contributed by atoms with Crippen molar-refractivity contribution in [3.63, 3.8) is 0 Å². The van der Waals surface area contributed by atoms with Crippen LogP contribution in [0.1, 0.15) is 28.8 Å². The van der Waals surface area contributed by atoms with Gasteiger partial charge in [0.2, 0.25) is 0 Å². The zero-order chi connectivity index (χ0) is 14.0. The van der Waals surface area contributed by atoms with Gasteiger partial charge in [0.25, 0.3) is 0 Å². The van der Waals surface area contributed by atoms with Gasteiger partial charge in [0.15, 0.2) is 5.78 Å². The van der Waals surface area contributed by atoms with Gasteiger partial charge < -0.3 is 5.32 Å². The molecule has 1 fully saturated rings. The molecule has 104 valence electrons. The topological polar surface area (TPSA) is 29.1 Å². The van der Waals surface area contributed by atoms with Gasteiger partial charge in [0.05, 0.1) is 5.56 Å². The number of Topliss-reactive ketones (excluding diaryl/α,β-unsaturated/α-hetero) is 1. The summed E-state index contributed by atoms with van der Waals surface area (Å²) in [4.78, 5) is 12.0. The number of nitrogens with one attached hydrogen (secondary N) is 1. The van der Waals surface area contributed by atoms with Crippen LogP contribution < -0.4 is 5.32 Å². The first-order valence-corrected chi connectivity index (χ1v) is 6.01. The molecular formula is C13H13F4NO. The van der Waals surface area contributed by atoms with Crippen LogP contribution in [-0.2, 0) is 6.18 Å². The van der Waals surface area contributed by atoms with Crippen molar-refractivity contribution in [2.45, 2.75) is 19.0 Å². The fourth-order valence-corrected chi connectivity index (χ4v) is 2.22. The Hall–Kier alpha value is -1.43. The maximum absolute atomic E-state index is 13.4. The first-order chi connectivity index (χ1) is 8.89. The molecular weight excluding hydrogens is 262 g/mol. The molecule has 1 N–H and O–H groups in total. The third kappa shape index (κ3) is 3.12. The van der Waals surface area contributed by atoms with Crippen LogP contribution in [0, 0.1) is 11.7 Å². The van der Waals surface area contributed by atoms with E-state index >= 15 is 0 Å². The van der Waals surface area contributed by atoms with Gasteiger partial charge in [-0.1, -0.05) is 6.07 Å². The van der Waals surface area contributed by atoms with Gasteiger partial charge >= 0.3 is 6.18 Å². The highest BCUT2D eigenvalue weighted by Crippen LogP contribution is 2.32. The van der Waals surface area contributed by atoms with E-state index in [0.717, 1.165) is 6.07 Å². The van der Waals surface area contributed by atoms with Gasteiger partial charge in [-0.05, 0) is 38.1 Å². The number of hydrogen-bond donors (Lipinski definition) is 1. The van der Waals surface area contributed by atoms with Gasteiger partial charge in [-0.15, -0.1) is 0 Å². The standard InChI is InChI=1S/C13H13F4NO/c14-11-7-9(1-2-10(11)13(15,16)17)12(19)8-3-5-18-6-4-8/h1-2,7-8,18H,3-6H2. The predicted octanol–water partition coefficient (Wildman–Crippen LogP) is 3.03. The summed E-state index contributed by atoms with van der Waals surface area (Å²) in [6.07, 6.45) is -3.48. The molecule has 0 aromatic heterocycles. The van der Waals surface area contributed by atoms with Gasteiger partial charge in [0, 0.05) is 11.5 Å². The maximum atomic E-state index is 13.4. The average Bonchev–Trinajstić information content (AvgIpc) is 2.37. The summed E-state index contributed by atoms with van der Waals surface area (Å²) in [7, 11) is 0. The molecule has 1 aliphatic heterocycles. The zero-order valence-corrected chi connectivity index (χ0v) is 10.1. The lowest BCUT2D eigenvalue weighted by molar-refractivity contribution is -0.140. The van der Waals surface area contributed by atoms with E-state index in [1.807, 2.05) is 0 Å². The molecule has 6 heteroatoms. The smallest absolute Gasteiger partial charge is 0.317 e. The summed E-state index contributed by atoms with van der Waals surface area (Å²) < 4.78 is 50.6. The van der Waals surface area contributed by atoms with Crippen molar-refractivity contribution < 1.29 is 22.4 Å². The van der Waals surface area contributed by atoms with Crippen LogP contribution in [0.2, 0.25) is 0 Å². The summed E-state index contributed by atoms with van der Waals surface area (Å²) in [5, 5.41) is 3.09. The summed E-state index contributed by atoms with van der Waals surface area (Å²) in [5.41, 5.74) is -1.33. The summed E-state index contributed by atoms with van der Waals surface area (Å²) >= 11 is 0. The molecule has 0 aliphatic carbocycles. The molecule has 1 aliphatic rings. The van der Waals surface area contributed by atoms with Crippen LogP contribution in [0.15, 0.2) is 18.2 Å². The second-order valence-corrected chi connectivity index (χ2v) is 4.58. The molecule has 0 unspecified atom stereocenters. The van der Waals surface area contributed by atoms with Crippen molar-refractivity contribution >= 4 is 5.78 Å². The largest absolute Gasteiger partial charge is 0.419 e. The van der Waals surface area contributed by atoms with Crippen LogP contribution in [0.4, 0.5) is 17.6 Å². The van der Waals surface area contributed by atoms with E-state index in [-0.39, 0.29) is 17.3 Å². The Kier molecular flexibility index (Phi) is 3.89. The normalized spacial score (nSPS) is 17.5. The number of carbonyl (C=O) groups is 1. The highest BCUT2D eigenvalue weighted by atomic mass is 19.4. The lowest BCUT2D eigenvalue weighted by atomic mass is 9.89. The minimum atomic E-state index is -4.74. The van der Waals surface area contributed by atoms with E-state index in [2.05, 4.69) is 5.32 Å². The van der Waals surface area contributed by atoms with Crippen molar-refractivity contribution in [3.8, 4) is 0 Å². The molecule has 1 aromatic carbocycles. The van der Waals surface area contributed by atoms with Crippen molar-refractivity contribution in [2.75, 3.05) is 13.1 Å². The number of piperidine rings is 1. The van der Waals surface area contributed by atoms with Gasteiger partial charge in [-0.25, -0.2) is 4.39 Å². The third-order valence-electron chi connectivity index (χ3n) is 3.27. The highest BCUT2D eigenvalue weighted by Gasteiger charge is 2.34. The van der Waals surface area contributed by atoms with E-state index < -0.39 is 17.6 Å². The van der Waals surface area contributed by atoms with Crippen LogP contribution in [0.3, 0.4) is 0 Å². The number of ketones is 1. The van der Waals surface area contributed by atoms with Crippen LogP contribution in [0.25, 0.3) is 0 Å². The van der Waals surface area contributed by atoms with Crippen molar-refractivity contribution in [1.82, 2.24) is 5.32 Å². The molecule has 1 heterocycles. The monoisotopic (exact) mass is 275 g/mol. The molecule has 0 amide bonds. The molecule has 0 atom stereocenters. The second-order valence-electron chi connectivity index (χ2n) is 4.58. The number of hydrogen-bond acceptors (Lipinski definition) is 2. The van der Waals surface area contributed by atoms with Crippen molar-refractivity contribution in [2.24, 2.45) is 5.92 Å². The molecule has 0 radical (unpaired) electrons. The van der Waals surface area contributed by atoms with Crippen molar-refractivity contribution in [3.05, 3.63) is 35.1 Å². The predicted molar refractivity (Wildman–Crippen MR) is 61.3 cm³/mol. The number of halogens is 4. The molecule has 0 spiro atoms. The Morgan fingerprint density at radius 3 is 2.37 bits per heavy atom. The molecule has 2 nitrogen and oxygen atoms in total. The summed E-state index contributed by atoms with van der Waals surface area (Å²) in [5.74, 6) is -1.92. The SMILES string of the molecule is O=C(c1ccc(C(F)(F)F)c(F)c1)C1CCNCC1.